The smallest absolute Gasteiger partial charge is 0.305 e. The van der Waals surface area contributed by atoms with E-state index in [-0.39, 0.29) is 17.1 Å². The molecule has 1 aromatic heterocycles. The maximum atomic E-state index is 12.8. The van der Waals surface area contributed by atoms with E-state index in [2.05, 4.69) is 10.3 Å². The summed E-state index contributed by atoms with van der Waals surface area (Å²) in [7, 11) is 0. The van der Waals surface area contributed by atoms with E-state index in [1.807, 2.05) is 30.3 Å². The van der Waals surface area contributed by atoms with Crippen LogP contribution in [0.3, 0.4) is 0 Å². The first kappa shape index (κ1) is 19.9. The van der Waals surface area contributed by atoms with Gasteiger partial charge < -0.3 is 14.8 Å². The highest BCUT2D eigenvalue weighted by atomic mass is 35.5. The fourth-order valence-electron chi connectivity index (χ4n) is 2.74. The molecule has 8 heteroatoms. The van der Waals surface area contributed by atoms with Gasteiger partial charge in [0, 0.05) is 15.6 Å². The van der Waals surface area contributed by atoms with Crippen molar-refractivity contribution in [1.82, 2.24) is 10.3 Å². The number of halogens is 2. The second-order valence-electron chi connectivity index (χ2n) is 6.08. The normalized spacial score (nSPS) is 11.8. The molecule has 0 spiro atoms. The highest BCUT2D eigenvalue weighted by Gasteiger charge is 2.25. The average Bonchev–Trinajstić information content (AvgIpc) is 3.03. The molecule has 0 bridgehead atoms. The van der Waals surface area contributed by atoms with E-state index < -0.39 is 17.9 Å². The Morgan fingerprint density at radius 3 is 2.54 bits per heavy atom. The third-order valence-corrected chi connectivity index (χ3v) is 4.62. The van der Waals surface area contributed by atoms with Crippen LogP contribution in [0.1, 0.15) is 34.3 Å². The summed E-state index contributed by atoms with van der Waals surface area (Å²) >= 11 is 12.1. The molecule has 28 heavy (non-hydrogen) atoms. The minimum atomic E-state index is -1.09. The van der Waals surface area contributed by atoms with Gasteiger partial charge in [-0.25, -0.2) is 4.98 Å². The van der Waals surface area contributed by atoms with Crippen LogP contribution in [0.5, 0.6) is 0 Å². The number of rotatable bonds is 6. The van der Waals surface area contributed by atoms with E-state index >= 15 is 0 Å². The predicted molar refractivity (Wildman–Crippen MR) is 106 cm³/mol. The van der Waals surface area contributed by atoms with Gasteiger partial charge in [0.15, 0.2) is 5.69 Å². The predicted octanol–water partition coefficient (Wildman–Crippen LogP) is 4.90. The number of carboxylic acids is 1. The van der Waals surface area contributed by atoms with Crippen molar-refractivity contribution in [2.24, 2.45) is 0 Å². The summed E-state index contributed by atoms with van der Waals surface area (Å²) < 4.78 is 5.60. The Balaban J connectivity index is 1.88. The lowest BCUT2D eigenvalue weighted by atomic mass is 10.0. The highest BCUT2D eigenvalue weighted by molar-refractivity contribution is 6.35. The Bertz CT molecular complexity index is 1020. The molecule has 0 saturated heterocycles. The summed E-state index contributed by atoms with van der Waals surface area (Å²) in [6, 6.07) is 13.0. The molecular weight excluding hydrogens is 403 g/mol. The first-order chi connectivity index (χ1) is 13.3. The fourth-order valence-corrected chi connectivity index (χ4v) is 3.28. The Morgan fingerprint density at radius 1 is 1.18 bits per heavy atom. The first-order valence-corrected chi connectivity index (χ1v) is 9.11. The van der Waals surface area contributed by atoms with Crippen LogP contribution in [0.2, 0.25) is 10.0 Å². The van der Waals surface area contributed by atoms with Crippen molar-refractivity contribution in [2.45, 2.75) is 19.4 Å². The van der Waals surface area contributed by atoms with Gasteiger partial charge >= 0.3 is 5.97 Å². The minimum absolute atomic E-state index is 0.0827. The average molecular weight is 419 g/mol. The summed E-state index contributed by atoms with van der Waals surface area (Å²) in [6.07, 6.45) is -0.352. The van der Waals surface area contributed by atoms with Crippen LogP contribution in [0.4, 0.5) is 0 Å². The summed E-state index contributed by atoms with van der Waals surface area (Å²) in [4.78, 5) is 28.3. The summed E-state index contributed by atoms with van der Waals surface area (Å²) in [5.41, 5.74) is 1.26. The number of aliphatic carboxylic acids is 1. The Hall–Kier alpha value is -2.83. The molecule has 1 heterocycles. The number of carbonyl (C=O) groups excluding carboxylic acids is 1. The van der Waals surface area contributed by atoms with Crippen molar-refractivity contribution >= 4 is 35.1 Å². The Labute approximate surface area is 171 Å². The maximum Gasteiger partial charge on any atom is 0.305 e. The molecule has 1 atom stereocenters. The number of carbonyl (C=O) groups is 2. The molecule has 0 aliphatic carbocycles. The molecule has 3 aromatic rings. The number of aryl methyl sites for hydroxylation is 1. The van der Waals surface area contributed by atoms with Crippen LogP contribution in [0.15, 0.2) is 52.9 Å². The number of aromatic nitrogens is 1. The Kier molecular flexibility index (Phi) is 6.02. The SMILES string of the molecule is Cc1oc(-c2ccccc2)nc1C(=O)N[C@@H](CC(=O)O)c1ccc(Cl)cc1Cl. The zero-order valence-corrected chi connectivity index (χ0v) is 16.3. The summed E-state index contributed by atoms with van der Waals surface area (Å²) in [5, 5.41) is 12.6. The molecule has 144 valence electrons. The zero-order valence-electron chi connectivity index (χ0n) is 14.8. The van der Waals surface area contributed by atoms with Crippen molar-refractivity contribution in [3.8, 4) is 11.5 Å². The molecule has 3 rings (SSSR count). The number of nitrogens with one attached hydrogen (secondary N) is 1. The second kappa shape index (κ2) is 8.46. The lowest BCUT2D eigenvalue weighted by molar-refractivity contribution is -0.137. The maximum absolute atomic E-state index is 12.8. The van der Waals surface area contributed by atoms with Gasteiger partial charge in [-0.1, -0.05) is 47.5 Å². The lowest BCUT2D eigenvalue weighted by Gasteiger charge is -2.18. The number of nitrogens with zero attached hydrogens (tertiary/aromatic N) is 1. The van der Waals surface area contributed by atoms with Crippen molar-refractivity contribution in [3.05, 3.63) is 75.6 Å². The standard InChI is InChI=1S/C20H16Cl2N2O4/c1-11-18(24-20(28-11)12-5-3-2-4-6-12)19(27)23-16(10-17(25)26)14-8-7-13(21)9-15(14)22/h2-9,16H,10H2,1H3,(H,23,27)(H,25,26)/t16-/m0/s1. The number of carboxylic acid groups (broad SMARTS) is 1. The van der Waals surface area contributed by atoms with E-state index in [9.17, 15) is 14.7 Å². The molecule has 0 aliphatic heterocycles. The molecule has 2 aromatic carbocycles. The fraction of sp³-hybridized carbons (Fsp3) is 0.150. The number of benzene rings is 2. The number of amides is 1. The molecule has 0 fully saturated rings. The quantitative estimate of drug-likeness (QED) is 0.593. The van der Waals surface area contributed by atoms with Crippen LogP contribution in [0.25, 0.3) is 11.5 Å². The topological polar surface area (TPSA) is 92.4 Å². The van der Waals surface area contributed by atoms with Gasteiger partial charge in [-0.15, -0.1) is 0 Å². The van der Waals surface area contributed by atoms with Crippen LogP contribution in [-0.2, 0) is 4.79 Å². The number of oxazole rings is 1. The van der Waals surface area contributed by atoms with Crippen molar-refractivity contribution in [3.63, 3.8) is 0 Å². The van der Waals surface area contributed by atoms with E-state index in [0.29, 0.717) is 22.2 Å². The summed E-state index contributed by atoms with van der Waals surface area (Å²) in [6.45, 7) is 1.62. The van der Waals surface area contributed by atoms with Gasteiger partial charge in [-0.3, -0.25) is 9.59 Å². The molecule has 1 amide bonds. The van der Waals surface area contributed by atoms with Gasteiger partial charge in [-0.05, 0) is 36.8 Å². The minimum Gasteiger partial charge on any atom is -0.481 e. The molecule has 0 aliphatic rings. The summed E-state index contributed by atoms with van der Waals surface area (Å²) in [5.74, 6) is -1.01. The second-order valence-corrected chi connectivity index (χ2v) is 6.92. The van der Waals surface area contributed by atoms with E-state index in [1.165, 1.54) is 6.07 Å². The molecule has 6 nitrogen and oxygen atoms in total. The lowest BCUT2D eigenvalue weighted by Crippen LogP contribution is -2.31. The number of hydrogen-bond acceptors (Lipinski definition) is 4. The van der Waals surface area contributed by atoms with Crippen LogP contribution in [0, 0.1) is 6.92 Å². The van der Waals surface area contributed by atoms with Gasteiger partial charge in [0.25, 0.3) is 5.91 Å². The van der Waals surface area contributed by atoms with Crippen LogP contribution in [-0.4, -0.2) is 22.0 Å². The van der Waals surface area contributed by atoms with Gasteiger partial charge in [0.2, 0.25) is 5.89 Å². The Morgan fingerprint density at radius 2 is 1.89 bits per heavy atom. The third kappa shape index (κ3) is 4.52. The largest absolute Gasteiger partial charge is 0.481 e. The third-order valence-electron chi connectivity index (χ3n) is 4.05. The van der Waals surface area contributed by atoms with E-state index in [4.69, 9.17) is 27.6 Å². The van der Waals surface area contributed by atoms with Gasteiger partial charge in [-0.2, -0.15) is 0 Å². The van der Waals surface area contributed by atoms with Crippen molar-refractivity contribution in [2.75, 3.05) is 0 Å². The first-order valence-electron chi connectivity index (χ1n) is 8.35. The molecule has 0 radical (unpaired) electrons. The van der Waals surface area contributed by atoms with Crippen LogP contribution >= 0.6 is 23.2 Å². The van der Waals surface area contributed by atoms with E-state index in [0.717, 1.165) is 5.56 Å². The zero-order chi connectivity index (χ0) is 20.3. The van der Waals surface area contributed by atoms with Crippen LogP contribution < -0.4 is 5.32 Å². The van der Waals surface area contributed by atoms with Gasteiger partial charge in [0.05, 0.1) is 12.5 Å². The van der Waals surface area contributed by atoms with Crippen molar-refractivity contribution in [1.29, 1.82) is 0 Å². The number of hydrogen-bond donors (Lipinski definition) is 2. The van der Waals surface area contributed by atoms with Gasteiger partial charge in [0.1, 0.15) is 5.76 Å². The monoisotopic (exact) mass is 418 g/mol. The molecule has 0 unspecified atom stereocenters. The van der Waals surface area contributed by atoms with Crippen molar-refractivity contribution < 1.29 is 19.1 Å². The van der Waals surface area contributed by atoms with E-state index in [1.54, 1.807) is 19.1 Å². The highest BCUT2D eigenvalue weighted by Crippen LogP contribution is 2.29. The molecule has 2 N–H and O–H groups in total. The molecule has 0 saturated carbocycles. The molecular formula is C20H16Cl2N2O4.